The molecule has 3 aromatic rings. The monoisotopic (exact) mass is 383 g/mol. The number of halogens is 1. The second kappa shape index (κ2) is 8.18. The Bertz CT molecular complexity index is 969. The molecule has 0 saturated carbocycles. The van der Waals surface area contributed by atoms with Gasteiger partial charge in [-0.25, -0.2) is 4.39 Å². The molecule has 28 heavy (non-hydrogen) atoms. The summed E-state index contributed by atoms with van der Waals surface area (Å²) in [6.07, 6.45) is 0. The molecule has 1 fully saturated rings. The van der Waals surface area contributed by atoms with Gasteiger partial charge in [-0.3, -0.25) is 4.79 Å². The summed E-state index contributed by atoms with van der Waals surface area (Å²) in [6, 6.07) is 13.0. The van der Waals surface area contributed by atoms with E-state index in [-0.39, 0.29) is 24.2 Å². The number of nitrogens with zero attached hydrogens (tertiary/aromatic N) is 3. The summed E-state index contributed by atoms with van der Waals surface area (Å²) < 4.78 is 29.7. The van der Waals surface area contributed by atoms with Crippen molar-refractivity contribution >= 4 is 5.91 Å². The number of hydrogen-bond donors (Lipinski definition) is 0. The first-order chi connectivity index (χ1) is 13.7. The van der Waals surface area contributed by atoms with Crippen LogP contribution in [0.15, 0.2) is 53.1 Å². The van der Waals surface area contributed by atoms with E-state index in [9.17, 15) is 9.18 Å². The molecule has 0 aliphatic carbocycles. The Morgan fingerprint density at radius 2 is 1.96 bits per heavy atom. The van der Waals surface area contributed by atoms with Crippen molar-refractivity contribution in [2.45, 2.75) is 0 Å². The second-order valence-corrected chi connectivity index (χ2v) is 6.21. The van der Waals surface area contributed by atoms with Gasteiger partial charge in [0.15, 0.2) is 6.61 Å². The van der Waals surface area contributed by atoms with Crippen molar-refractivity contribution in [3.05, 3.63) is 54.3 Å². The van der Waals surface area contributed by atoms with Gasteiger partial charge in [0.1, 0.15) is 11.6 Å². The average molecular weight is 383 g/mol. The summed E-state index contributed by atoms with van der Waals surface area (Å²) in [5, 5.41) is 3.97. The minimum Gasteiger partial charge on any atom is -0.483 e. The third kappa shape index (κ3) is 4.01. The zero-order valence-corrected chi connectivity index (χ0v) is 15.0. The summed E-state index contributed by atoms with van der Waals surface area (Å²) >= 11 is 0. The van der Waals surface area contributed by atoms with Crippen molar-refractivity contribution in [3.8, 4) is 28.6 Å². The molecule has 1 saturated heterocycles. The normalized spacial score (nSPS) is 14.1. The molecule has 1 amide bonds. The van der Waals surface area contributed by atoms with Gasteiger partial charge < -0.3 is 18.9 Å². The minimum atomic E-state index is -0.386. The lowest BCUT2D eigenvalue weighted by Crippen LogP contribution is -2.43. The number of carbonyl (C=O) groups excluding carboxylic acids is 1. The van der Waals surface area contributed by atoms with Crippen molar-refractivity contribution in [1.82, 2.24) is 15.0 Å². The molecule has 144 valence electrons. The molecular weight excluding hydrogens is 365 g/mol. The topological polar surface area (TPSA) is 77.7 Å². The first-order valence-electron chi connectivity index (χ1n) is 8.88. The van der Waals surface area contributed by atoms with Gasteiger partial charge in [-0.2, -0.15) is 4.98 Å². The van der Waals surface area contributed by atoms with Crippen LogP contribution in [-0.2, 0) is 9.53 Å². The highest BCUT2D eigenvalue weighted by Crippen LogP contribution is 2.29. The fraction of sp³-hybridized carbons (Fsp3) is 0.250. The first-order valence-corrected chi connectivity index (χ1v) is 8.88. The van der Waals surface area contributed by atoms with Crippen LogP contribution in [0, 0.1) is 5.82 Å². The molecule has 2 aromatic carbocycles. The number of aromatic nitrogens is 2. The summed E-state index contributed by atoms with van der Waals surface area (Å²) in [5.74, 6) is 0.479. The number of carbonyl (C=O) groups is 1. The molecule has 0 radical (unpaired) electrons. The van der Waals surface area contributed by atoms with E-state index in [1.54, 1.807) is 35.2 Å². The van der Waals surface area contributed by atoms with Gasteiger partial charge in [0.05, 0.1) is 18.8 Å². The maximum absolute atomic E-state index is 13.4. The zero-order chi connectivity index (χ0) is 19.3. The highest BCUT2D eigenvalue weighted by molar-refractivity contribution is 5.78. The number of benzene rings is 2. The largest absolute Gasteiger partial charge is 0.483 e. The van der Waals surface area contributed by atoms with E-state index in [2.05, 4.69) is 10.1 Å². The van der Waals surface area contributed by atoms with Crippen molar-refractivity contribution in [1.29, 1.82) is 0 Å². The van der Waals surface area contributed by atoms with Crippen LogP contribution in [0.5, 0.6) is 5.75 Å². The van der Waals surface area contributed by atoms with Crippen molar-refractivity contribution in [3.63, 3.8) is 0 Å². The Hall–Kier alpha value is -3.26. The summed E-state index contributed by atoms with van der Waals surface area (Å²) in [7, 11) is 0. The van der Waals surface area contributed by atoms with E-state index in [0.29, 0.717) is 49.0 Å². The molecule has 0 bridgehead atoms. The standard InChI is InChI=1S/C20H18FN3O4/c21-15-5-3-4-14(12-15)20-22-19(23-28-20)16-6-1-2-7-17(16)27-13-18(25)24-8-10-26-11-9-24/h1-7,12H,8-11,13H2. The van der Waals surface area contributed by atoms with Crippen molar-refractivity contribution in [2.24, 2.45) is 0 Å². The third-order valence-corrected chi connectivity index (χ3v) is 4.34. The van der Waals surface area contributed by atoms with E-state index in [0.717, 1.165) is 0 Å². The number of ether oxygens (including phenoxy) is 2. The third-order valence-electron chi connectivity index (χ3n) is 4.34. The van der Waals surface area contributed by atoms with Gasteiger partial charge in [-0.05, 0) is 30.3 Å². The van der Waals surface area contributed by atoms with E-state index in [4.69, 9.17) is 14.0 Å². The summed E-state index contributed by atoms with van der Waals surface area (Å²) in [4.78, 5) is 18.3. The molecule has 0 spiro atoms. The van der Waals surface area contributed by atoms with Crippen LogP contribution in [0.2, 0.25) is 0 Å². The summed E-state index contributed by atoms with van der Waals surface area (Å²) in [6.45, 7) is 2.10. The van der Waals surface area contributed by atoms with Gasteiger partial charge in [-0.15, -0.1) is 0 Å². The summed E-state index contributed by atoms with van der Waals surface area (Å²) in [5.41, 5.74) is 1.07. The number of para-hydroxylation sites is 1. The van der Waals surface area contributed by atoms with Gasteiger partial charge in [0.25, 0.3) is 11.8 Å². The van der Waals surface area contributed by atoms with Crippen LogP contribution in [-0.4, -0.2) is 53.9 Å². The van der Waals surface area contributed by atoms with Gasteiger partial charge >= 0.3 is 0 Å². The molecule has 0 unspecified atom stereocenters. The van der Waals surface area contributed by atoms with Gasteiger partial charge in [0.2, 0.25) is 5.82 Å². The highest BCUT2D eigenvalue weighted by Gasteiger charge is 2.19. The Balaban J connectivity index is 1.51. The molecular formula is C20H18FN3O4. The van der Waals surface area contributed by atoms with E-state index < -0.39 is 0 Å². The van der Waals surface area contributed by atoms with Crippen LogP contribution in [0.1, 0.15) is 0 Å². The quantitative estimate of drug-likeness (QED) is 0.674. The molecule has 4 rings (SSSR count). The lowest BCUT2D eigenvalue weighted by molar-refractivity contribution is -0.137. The van der Waals surface area contributed by atoms with Gasteiger partial charge in [0, 0.05) is 18.7 Å². The zero-order valence-electron chi connectivity index (χ0n) is 15.0. The van der Waals surface area contributed by atoms with E-state index >= 15 is 0 Å². The smallest absolute Gasteiger partial charge is 0.260 e. The lowest BCUT2D eigenvalue weighted by atomic mass is 10.2. The maximum atomic E-state index is 13.4. The van der Waals surface area contributed by atoms with Crippen LogP contribution in [0.25, 0.3) is 22.8 Å². The lowest BCUT2D eigenvalue weighted by Gasteiger charge is -2.26. The second-order valence-electron chi connectivity index (χ2n) is 6.21. The Morgan fingerprint density at radius 1 is 1.14 bits per heavy atom. The maximum Gasteiger partial charge on any atom is 0.260 e. The molecule has 7 nitrogen and oxygen atoms in total. The molecule has 2 heterocycles. The number of morpholine rings is 1. The van der Waals surface area contributed by atoms with Crippen LogP contribution < -0.4 is 4.74 Å². The Labute approximate surface area is 160 Å². The fourth-order valence-corrected chi connectivity index (χ4v) is 2.89. The van der Waals surface area contributed by atoms with Crippen LogP contribution >= 0.6 is 0 Å². The molecule has 1 aliphatic heterocycles. The average Bonchev–Trinajstić information content (AvgIpc) is 3.23. The molecule has 8 heteroatoms. The van der Waals surface area contributed by atoms with Gasteiger partial charge in [-0.1, -0.05) is 23.4 Å². The highest BCUT2D eigenvalue weighted by atomic mass is 19.1. The van der Waals surface area contributed by atoms with Crippen molar-refractivity contribution < 1.29 is 23.2 Å². The predicted molar refractivity (Wildman–Crippen MR) is 98.0 cm³/mol. The predicted octanol–water partition coefficient (Wildman–Crippen LogP) is 2.78. The van der Waals surface area contributed by atoms with Crippen molar-refractivity contribution in [2.75, 3.05) is 32.9 Å². The molecule has 0 N–H and O–H groups in total. The molecule has 0 atom stereocenters. The number of rotatable bonds is 5. The Morgan fingerprint density at radius 3 is 2.79 bits per heavy atom. The fourth-order valence-electron chi connectivity index (χ4n) is 2.89. The minimum absolute atomic E-state index is 0.0916. The van der Waals surface area contributed by atoms with E-state index in [1.807, 2.05) is 6.07 Å². The SMILES string of the molecule is O=C(COc1ccccc1-c1noc(-c2cccc(F)c2)n1)N1CCOCC1. The van der Waals surface area contributed by atoms with Crippen LogP contribution in [0.3, 0.4) is 0 Å². The number of hydrogen-bond acceptors (Lipinski definition) is 6. The van der Waals surface area contributed by atoms with E-state index in [1.165, 1.54) is 12.1 Å². The van der Waals surface area contributed by atoms with Crippen LogP contribution in [0.4, 0.5) is 4.39 Å². The first kappa shape index (κ1) is 18.1. The molecule has 1 aromatic heterocycles. The molecule has 1 aliphatic rings. The number of amides is 1. The Kier molecular flexibility index (Phi) is 5.29.